The molecule has 0 aliphatic heterocycles. The molecule has 9 heteroatoms. The minimum atomic E-state index is -1.80. The number of aliphatic hydroxyl groups is 5. The molecule has 2 aromatic carbocycles. The number of para-hydroxylation sites is 2. The number of anilines is 2. The standard InChI is InChI=1S/C19H24N4O5/c24-12-16(25)18(27)19(28)17(26)15(23-22-14-9-5-2-6-10-14)11-20-21-13-7-3-1-4-8-13/h1-11,16-19,21-22,24-28H,12H2/b20-11?,23-15+. The first-order valence-corrected chi connectivity index (χ1v) is 8.59. The molecule has 0 radical (unpaired) electrons. The van der Waals surface area contributed by atoms with Crippen molar-refractivity contribution >= 4 is 23.3 Å². The van der Waals surface area contributed by atoms with Crippen LogP contribution < -0.4 is 10.9 Å². The molecule has 0 aliphatic rings. The predicted molar refractivity (Wildman–Crippen MR) is 107 cm³/mol. The maximum absolute atomic E-state index is 10.4. The zero-order valence-electron chi connectivity index (χ0n) is 15.0. The van der Waals surface area contributed by atoms with Gasteiger partial charge in [-0.3, -0.25) is 10.9 Å². The number of aliphatic hydroxyl groups excluding tert-OH is 5. The summed E-state index contributed by atoms with van der Waals surface area (Å²) in [4.78, 5) is 0. The summed E-state index contributed by atoms with van der Waals surface area (Å²) >= 11 is 0. The van der Waals surface area contributed by atoms with Crippen LogP contribution in [-0.2, 0) is 0 Å². The highest BCUT2D eigenvalue weighted by molar-refractivity contribution is 6.33. The van der Waals surface area contributed by atoms with Gasteiger partial charge in [0.1, 0.15) is 30.1 Å². The molecule has 4 atom stereocenters. The molecule has 7 N–H and O–H groups in total. The highest BCUT2D eigenvalue weighted by atomic mass is 16.4. The van der Waals surface area contributed by atoms with Gasteiger partial charge in [0.05, 0.1) is 24.2 Å². The average molecular weight is 388 g/mol. The van der Waals surface area contributed by atoms with E-state index in [9.17, 15) is 20.4 Å². The fourth-order valence-corrected chi connectivity index (χ4v) is 2.20. The lowest BCUT2D eigenvalue weighted by Crippen LogP contribution is -2.49. The average Bonchev–Trinajstić information content (AvgIpc) is 2.75. The highest BCUT2D eigenvalue weighted by Gasteiger charge is 2.32. The van der Waals surface area contributed by atoms with Crippen LogP contribution >= 0.6 is 0 Å². The van der Waals surface area contributed by atoms with Crippen LogP contribution in [0, 0.1) is 0 Å². The molecular weight excluding hydrogens is 364 g/mol. The fourth-order valence-electron chi connectivity index (χ4n) is 2.20. The number of nitrogens with zero attached hydrogens (tertiary/aromatic N) is 2. The molecule has 0 aliphatic carbocycles. The van der Waals surface area contributed by atoms with E-state index in [1.807, 2.05) is 24.3 Å². The number of benzene rings is 2. The summed E-state index contributed by atoms with van der Waals surface area (Å²) in [7, 11) is 0. The molecule has 0 saturated heterocycles. The normalized spacial score (nSPS) is 16.4. The first kappa shape index (κ1) is 21.5. The topological polar surface area (TPSA) is 150 Å². The maximum Gasteiger partial charge on any atom is 0.128 e. The van der Waals surface area contributed by atoms with Crippen molar-refractivity contribution in [2.75, 3.05) is 17.5 Å². The van der Waals surface area contributed by atoms with Crippen molar-refractivity contribution in [2.45, 2.75) is 24.4 Å². The first-order valence-electron chi connectivity index (χ1n) is 8.59. The fraction of sp³-hybridized carbons (Fsp3) is 0.263. The lowest BCUT2D eigenvalue weighted by molar-refractivity contribution is -0.100. The summed E-state index contributed by atoms with van der Waals surface area (Å²) in [5, 5.41) is 56.7. The van der Waals surface area contributed by atoms with Crippen LogP contribution in [0.5, 0.6) is 0 Å². The number of nitrogens with one attached hydrogen (secondary N) is 2. The van der Waals surface area contributed by atoms with Crippen molar-refractivity contribution < 1.29 is 25.5 Å². The molecular formula is C19H24N4O5. The summed E-state index contributed by atoms with van der Waals surface area (Å²) in [5.74, 6) is 0. The van der Waals surface area contributed by atoms with Gasteiger partial charge < -0.3 is 25.5 Å². The van der Waals surface area contributed by atoms with Crippen LogP contribution in [-0.4, -0.2) is 68.5 Å². The van der Waals surface area contributed by atoms with E-state index in [2.05, 4.69) is 21.1 Å². The van der Waals surface area contributed by atoms with E-state index in [4.69, 9.17) is 5.11 Å². The van der Waals surface area contributed by atoms with Gasteiger partial charge in [0.25, 0.3) is 0 Å². The van der Waals surface area contributed by atoms with Gasteiger partial charge in [-0.15, -0.1) is 0 Å². The van der Waals surface area contributed by atoms with Gasteiger partial charge in [0, 0.05) is 0 Å². The molecule has 0 spiro atoms. The van der Waals surface area contributed by atoms with Crippen LogP contribution in [0.25, 0.3) is 0 Å². The van der Waals surface area contributed by atoms with Gasteiger partial charge in [0.15, 0.2) is 0 Å². The second kappa shape index (κ2) is 11.1. The quantitative estimate of drug-likeness (QED) is 0.223. The number of hydrazone groups is 2. The van der Waals surface area contributed by atoms with Crippen LogP contribution in [0.3, 0.4) is 0 Å². The molecule has 0 fully saturated rings. The van der Waals surface area contributed by atoms with Gasteiger partial charge in [0.2, 0.25) is 0 Å². The Morgan fingerprint density at radius 3 is 1.89 bits per heavy atom. The second-order valence-electron chi connectivity index (χ2n) is 5.93. The summed E-state index contributed by atoms with van der Waals surface area (Å²) in [6, 6.07) is 17.9. The van der Waals surface area contributed by atoms with Gasteiger partial charge in [-0.25, -0.2) is 0 Å². The largest absolute Gasteiger partial charge is 0.394 e. The zero-order chi connectivity index (χ0) is 20.4. The Morgan fingerprint density at radius 1 is 0.821 bits per heavy atom. The van der Waals surface area contributed by atoms with Crippen molar-refractivity contribution in [3.63, 3.8) is 0 Å². The Hall–Kier alpha value is -2.82. The third-order valence-corrected chi connectivity index (χ3v) is 3.81. The molecule has 0 saturated carbocycles. The summed E-state index contributed by atoms with van der Waals surface area (Å²) in [6.07, 6.45) is -5.71. The van der Waals surface area contributed by atoms with Gasteiger partial charge in [-0.2, -0.15) is 10.2 Å². The number of hydrogen-bond acceptors (Lipinski definition) is 9. The van der Waals surface area contributed by atoms with Crippen molar-refractivity contribution in [3.05, 3.63) is 60.7 Å². The lowest BCUT2D eigenvalue weighted by atomic mass is 10.0. The third kappa shape index (κ3) is 6.41. The molecule has 0 aromatic heterocycles. The monoisotopic (exact) mass is 388 g/mol. The molecule has 0 heterocycles. The van der Waals surface area contributed by atoms with Gasteiger partial charge in [-0.05, 0) is 24.3 Å². The smallest absolute Gasteiger partial charge is 0.128 e. The second-order valence-corrected chi connectivity index (χ2v) is 5.93. The highest BCUT2D eigenvalue weighted by Crippen LogP contribution is 2.09. The van der Waals surface area contributed by atoms with Crippen LogP contribution in [0.2, 0.25) is 0 Å². The molecule has 28 heavy (non-hydrogen) atoms. The Labute approximate surface area is 162 Å². The zero-order valence-corrected chi connectivity index (χ0v) is 15.0. The van der Waals surface area contributed by atoms with E-state index < -0.39 is 31.0 Å². The summed E-state index contributed by atoms with van der Waals surface area (Å²) in [5.41, 5.74) is 6.68. The van der Waals surface area contributed by atoms with Crippen LogP contribution in [0.1, 0.15) is 0 Å². The predicted octanol–water partition coefficient (Wildman–Crippen LogP) is -0.0117. The molecule has 0 bridgehead atoms. The van der Waals surface area contributed by atoms with Crippen molar-refractivity contribution in [2.24, 2.45) is 10.2 Å². The Bertz CT molecular complexity index is 757. The number of rotatable bonds is 10. The van der Waals surface area contributed by atoms with Gasteiger partial charge in [-0.1, -0.05) is 36.4 Å². The minimum Gasteiger partial charge on any atom is -0.394 e. The van der Waals surface area contributed by atoms with Crippen molar-refractivity contribution in [1.82, 2.24) is 0 Å². The number of hydrogen-bond donors (Lipinski definition) is 7. The first-order chi connectivity index (χ1) is 13.5. The van der Waals surface area contributed by atoms with Crippen molar-refractivity contribution in [3.8, 4) is 0 Å². The van der Waals surface area contributed by atoms with Crippen LogP contribution in [0.4, 0.5) is 11.4 Å². The van der Waals surface area contributed by atoms with E-state index in [1.165, 1.54) is 6.21 Å². The Kier molecular flexibility index (Phi) is 8.53. The van der Waals surface area contributed by atoms with E-state index in [0.29, 0.717) is 11.4 Å². The minimum absolute atomic E-state index is 0.107. The molecule has 4 unspecified atom stereocenters. The van der Waals surface area contributed by atoms with Gasteiger partial charge >= 0.3 is 0 Å². The maximum atomic E-state index is 10.4. The molecule has 9 nitrogen and oxygen atoms in total. The third-order valence-electron chi connectivity index (χ3n) is 3.81. The molecule has 0 amide bonds. The SMILES string of the molecule is OCC(O)C(O)C(O)C(O)/C(C=NNc1ccccc1)=N/Nc1ccccc1. The molecule has 2 aromatic rings. The van der Waals surface area contributed by atoms with E-state index in [-0.39, 0.29) is 5.71 Å². The lowest BCUT2D eigenvalue weighted by Gasteiger charge is -2.25. The van der Waals surface area contributed by atoms with Crippen LogP contribution in [0.15, 0.2) is 70.9 Å². The van der Waals surface area contributed by atoms with E-state index in [1.54, 1.807) is 36.4 Å². The summed E-state index contributed by atoms with van der Waals surface area (Å²) < 4.78 is 0. The van der Waals surface area contributed by atoms with E-state index >= 15 is 0 Å². The Morgan fingerprint density at radius 2 is 1.36 bits per heavy atom. The van der Waals surface area contributed by atoms with E-state index in [0.717, 1.165) is 0 Å². The molecule has 150 valence electrons. The Balaban J connectivity index is 2.16. The molecule has 2 rings (SSSR count). The summed E-state index contributed by atoms with van der Waals surface area (Å²) in [6.45, 7) is -0.774. The van der Waals surface area contributed by atoms with Crippen molar-refractivity contribution in [1.29, 1.82) is 0 Å².